The number of rotatable bonds is 4. The van der Waals surface area contributed by atoms with E-state index >= 15 is 0 Å². The van der Waals surface area contributed by atoms with Crippen LogP contribution in [0.15, 0.2) is 18.2 Å². The number of likely N-dealkylation sites (tertiary alicyclic amines) is 1. The third-order valence-corrected chi connectivity index (χ3v) is 5.76. The molecule has 1 N–H and O–H groups in total. The third-order valence-electron chi connectivity index (χ3n) is 5.07. The van der Waals surface area contributed by atoms with Crippen molar-refractivity contribution in [3.05, 3.63) is 29.3 Å². The second-order valence-corrected chi connectivity index (χ2v) is 8.87. The van der Waals surface area contributed by atoms with E-state index in [1.165, 1.54) is 0 Å². The van der Waals surface area contributed by atoms with Gasteiger partial charge in [0.05, 0.1) is 6.26 Å². The second-order valence-electron chi connectivity index (χ2n) is 7.03. The van der Waals surface area contributed by atoms with Crippen molar-refractivity contribution >= 4 is 27.5 Å². The van der Waals surface area contributed by atoms with Crippen LogP contribution in [0.2, 0.25) is 0 Å². The number of anilines is 1. The van der Waals surface area contributed by atoms with Gasteiger partial charge >= 0.3 is 0 Å². The summed E-state index contributed by atoms with van der Waals surface area (Å²) in [5.41, 5.74) is 2.48. The maximum Gasteiger partial charge on any atom is 0.254 e. The molecule has 2 aliphatic heterocycles. The van der Waals surface area contributed by atoms with Crippen molar-refractivity contribution in [2.24, 2.45) is 0 Å². The normalized spacial score (nSPS) is 20.2. The molecule has 1 saturated heterocycles. The van der Waals surface area contributed by atoms with E-state index in [4.69, 9.17) is 0 Å². The molecule has 142 valence electrons. The Hall–Kier alpha value is -1.93. The monoisotopic (exact) mass is 379 g/mol. The van der Waals surface area contributed by atoms with Gasteiger partial charge in [-0.3, -0.25) is 9.59 Å². The van der Waals surface area contributed by atoms with E-state index in [2.05, 4.69) is 4.72 Å². The summed E-state index contributed by atoms with van der Waals surface area (Å²) in [7, 11) is -3.29. The zero-order valence-corrected chi connectivity index (χ0v) is 16.0. The van der Waals surface area contributed by atoms with Crippen LogP contribution in [-0.2, 0) is 21.2 Å². The first kappa shape index (κ1) is 18.8. The van der Waals surface area contributed by atoms with E-state index in [0.29, 0.717) is 18.7 Å². The second kappa shape index (κ2) is 7.36. The van der Waals surface area contributed by atoms with E-state index in [9.17, 15) is 18.0 Å². The van der Waals surface area contributed by atoms with Gasteiger partial charge in [-0.1, -0.05) is 0 Å². The minimum Gasteiger partial charge on any atom is -0.334 e. The average molecular weight is 379 g/mol. The van der Waals surface area contributed by atoms with Crippen LogP contribution in [0.3, 0.4) is 0 Å². The fraction of sp³-hybridized carbons (Fsp3) is 0.556. The number of nitrogens with zero attached hydrogens (tertiary/aromatic N) is 2. The largest absolute Gasteiger partial charge is 0.334 e. The molecule has 0 radical (unpaired) electrons. The van der Waals surface area contributed by atoms with Crippen LogP contribution in [0, 0.1) is 0 Å². The number of piperidine rings is 1. The van der Waals surface area contributed by atoms with Gasteiger partial charge in [-0.05, 0) is 49.4 Å². The third kappa shape index (κ3) is 4.07. The molecule has 2 aliphatic rings. The summed E-state index contributed by atoms with van der Waals surface area (Å²) in [4.78, 5) is 28.2. The Balaban J connectivity index is 1.78. The van der Waals surface area contributed by atoms with Gasteiger partial charge in [0.25, 0.3) is 5.91 Å². The summed E-state index contributed by atoms with van der Waals surface area (Å²) >= 11 is 0. The van der Waals surface area contributed by atoms with E-state index in [1.807, 2.05) is 12.1 Å². The molecule has 0 bridgehead atoms. The molecule has 2 amide bonds. The first-order chi connectivity index (χ1) is 12.3. The first-order valence-electron chi connectivity index (χ1n) is 8.93. The molecule has 0 spiro atoms. The number of sulfonamides is 1. The Morgan fingerprint density at radius 3 is 2.69 bits per heavy atom. The van der Waals surface area contributed by atoms with Gasteiger partial charge in [0.15, 0.2) is 0 Å². The van der Waals surface area contributed by atoms with Gasteiger partial charge in [-0.25, -0.2) is 13.1 Å². The van der Waals surface area contributed by atoms with E-state index in [0.717, 1.165) is 43.2 Å². The van der Waals surface area contributed by atoms with Crippen molar-refractivity contribution in [2.45, 2.75) is 38.6 Å². The topological polar surface area (TPSA) is 86.8 Å². The molecule has 0 aromatic heterocycles. The predicted molar refractivity (Wildman–Crippen MR) is 99.7 cm³/mol. The zero-order chi connectivity index (χ0) is 18.9. The molecule has 7 nitrogen and oxygen atoms in total. The summed E-state index contributed by atoms with van der Waals surface area (Å²) in [6, 6.07) is 5.34. The number of nitrogens with one attached hydrogen (secondary N) is 1. The van der Waals surface area contributed by atoms with Crippen LogP contribution >= 0.6 is 0 Å². The summed E-state index contributed by atoms with van der Waals surface area (Å²) in [6.07, 6.45) is 4.57. The SMILES string of the molecule is CC(=O)N1CCc2cc(C(=O)N3CCCC[C@@H]3CNS(C)(=O)=O)ccc21. The predicted octanol–water partition coefficient (Wildman–Crippen LogP) is 1.14. The lowest BCUT2D eigenvalue weighted by Gasteiger charge is -2.36. The fourth-order valence-electron chi connectivity index (χ4n) is 3.76. The lowest BCUT2D eigenvalue weighted by atomic mass is 10.00. The van der Waals surface area contributed by atoms with Crippen molar-refractivity contribution in [3.63, 3.8) is 0 Å². The molecule has 0 unspecified atom stereocenters. The van der Waals surface area contributed by atoms with Gasteiger partial charge in [0.2, 0.25) is 15.9 Å². The number of hydrogen-bond donors (Lipinski definition) is 1. The number of carbonyl (C=O) groups is 2. The summed E-state index contributed by atoms with van der Waals surface area (Å²) < 4.78 is 25.3. The van der Waals surface area contributed by atoms with Crippen molar-refractivity contribution in [1.29, 1.82) is 0 Å². The van der Waals surface area contributed by atoms with Gasteiger partial charge in [-0.15, -0.1) is 0 Å². The zero-order valence-electron chi connectivity index (χ0n) is 15.2. The Morgan fingerprint density at radius 1 is 1.23 bits per heavy atom. The minimum absolute atomic E-state index is 0.00534. The lowest BCUT2D eigenvalue weighted by Crippen LogP contribution is -2.49. The van der Waals surface area contributed by atoms with Gasteiger partial charge in [0, 0.05) is 43.9 Å². The molecular formula is C18H25N3O4S. The highest BCUT2D eigenvalue weighted by atomic mass is 32.2. The van der Waals surface area contributed by atoms with Crippen LogP contribution in [0.5, 0.6) is 0 Å². The average Bonchev–Trinajstić information content (AvgIpc) is 3.02. The maximum atomic E-state index is 13.0. The number of hydrogen-bond acceptors (Lipinski definition) is 4. The molecule has 1 aromatic rings. The van der Waals surface area contributed by atoms with Gasteiger partial charge in [-0.2, -0.15) is 0 Å². The molecule has 1 fully saturated rings. The highest BCUT2D eigenvalue weighted by Crippen LogP contribution is 2.30. The number of fused-ring (bicyclic) bond motifs is 1. The van der Waals surface area contributed by atoms with Crippen molar-refractivity contribution < 1.29 is 18.0 Å². The number of carbonyl (C=O) groups excluding carboxylic acids is 2. The molecule has 26 heavy (non-hydrogen) atoms. The van der Waals surface area contributed by atoms with Crippen LogP contribution in [0.25, 0.3) is 0 Å². The van der Waals surface area contributed by atoms with Crippen LogP contribution in [0.4, 0.5) is 5.69 Å². The van der Waals surface area contributed by atoms with Gasteiger partial charge in [0.1, 0.15) is 0 Å². The summed E-state index contributed by atoms with van der Waals surface area (Å²) in [6.45, 7) is 3.06. The lowest BCUT2D eigenvalue weighted by molar-refractivity contribution is -0.116. The highest BCUT2D eigenvalue weighted by molar-refractivity contribution is 7.88. The highest BCUT2D eigenvalue weighted by Gasteiger charge is 2.29. The molecular weight excluding hydrogens is 354 g/mol. The van der Waals surface area contributed by atoms with Crippen LogP contribution in [0.1, 0.15) is 42.1 Å². The summed E-state index contributed by atoms with van der Waals surface area (Å²) in [5, 5.41) is 0. The smallest absolute Gasteiger partial charge is 0.254 e. The molecule has 0 saturated carbocycles. The first-order valence-corrected chi connectivity index (χ1v) is 10.8. The standard InChI is InChI=1S/C18H25N3O4S/c1-13(22)20-10-8-14-11-15(6-7-17(14)20)18(23)21-9-4-3-5-16(21)12-19-26(2,24)25/h6-7,11,16,19H,3-5,8-10,12H2,1-2H3/t16-/m1/s1. The van der Waals surface area contributed by atoms with E-state index in [-0.39, 0.29) is 24.4 Å². The van der Waals surface area contributed by atoms with Gasteiger partial charge < -0.3 is 9.80 Å². The van der Waals surface area contributed by atoms with E-state index < -0.39 is 10.0 Å². The minimum atomic E-state index is -3.29. The molecule has 1 aromatic carbocycles. The van der Waals surface area contributed by atoms with E-state index in [1.54, 1.807) is 22.8 Å². The van der Waals surface area contributed by atoms with Crippen molar-refractivity contribution in [3.8, 4) is 0 Å². The quantitative estimate of drug-likeness (QED) is 0.850. The Bertz CT molecular complexity index is 822. The molecule has 8 heteroatoms. The maximum absolute atomic E-state index is 13.0. The fourth-order valence-corrected chi connectivity index (χ4v) is 4.25. The Labute approximate surface area is 154 Å². The van der Waals surface area contributed by atoms with Crippen molar-refractivity contribution in [1.82, 2.24) is 9.62 Å². The summed E-state index contributed by atoms with van der Waals surface area (Å²) in [5.74, 6) is -0.0696. The molecule has 0 aliphatic carbocycles. The molecule has 3 rings (SSSR count). The molecule has 1 atom stereocenters. The van der Waals surface area contributed by atoms with Crippen LogP contribution in [-0.4, -0.2) is 57.1 Å². The van der Waals surface area contributed by atoms with Crippen molar-refractivity contribution in [2.75, 3.05) is 30.8 Å². The van der Waals surface area contributed by atoms with Crippen LogP contribution < -0.4 is 9.62 Å². The Kier molecular flexibility index (Phi) is 5.34. The number of benzene rings is 1. The molecule has 2 heterocycles. The Morgan fingerprint density at radius 2 is 2.00 bits per heavy atom. The number of amides is 2.